The summed E-state index contributed by atoms with van der Waals surface area (Å²) in [6, 6.07) is 15.9. The number of benzene rings is 2. The van der Waals surface area contributed by atoms with Crippen molar-refractivity contribution in [1.29, 1.82) is 0 Å². The molecule has 2 rings (SSSR count). The van der Waals surface area contributed by atoms with Gasteiger partial charge >= 0.3 is 0 Å². The van der Waals surface area contributed by atoms with E-state index in [0.29, 0.717) is 5.75 Å². The summed E-state index contributed by atoms with van der Waals surface area (Å²) in [4.78, 5) is 0. The molecule has 0 fully saturated rings. The average Bonchev–Trinajstić information content (AvgIpc) is 2.39. The molecule has 0 amide bonds. The number of phenols is 1. The largest absolute Gasteiger partial charge is 0.508 e. The van der Waals surface area contributed by atoms with Crippen molar-refractivity contribution in [3.8, 4) is 5.75 Å². The standard InChI is InChI=1S/C18H20O/c1-13-7-6-8-16(11-13)14(2)12-15(3)17-9-4-5-10-18(17)19/h4-11,15,19H,2,12H2,1,3H3. The monoisotopic (exact) mass is 252 g/mol. The molecule has 2 aromatic carbocycles. The molecule has 0 saturated heterocycles. The van der Waals surface area contributed by atoms with Crippen molar-refractivity contribution in [2.75, 3.05) is 0 Å². The number of aryl methyl sites for hydroxylation is 1. The van der Waals surface area contributed by atoms with E-state index in [4.69, 9.17) is 0 Å². The lowest BCUT2D eigenvalue weighted by Crippen LogP contribution is -1.96. The smallest absolute Gasteiger partial charge is 0.119 e. The molecule has 0 aliphatic rings. The zero-order valence-electron chi connectivity index (χ0n) is 11.6. The first-order valence-corrected chi connectivity index (χ1v) is 6.60. The summed E-state index contributed by atoms with van der Waals surface area (Å²) in [6.45, 7) is 8.39. The van der Waals surface area contributed by atoms with Gasteiger partial charge in [0.1, 0.15) is 5.75 Å². The maximum atomic E-state index is 9.88. The molecule has 1 heteroatoms. The van der Waals surface area contributed by atoms with Crippen molar-refractivity contribution in [2.45, 2.75) is 26.2 Å². The van der Waals surface area contributed by atoms with Crippen LogP contribution in [-0.4, -0.2) is 5.11 Å². The molecule has 0 spiro atoms. The van der Waals surface area contributed by atoms with E-state index in [9.17, 15) is 5.11 Å². The van der Waals surface area contributed by atoms with Gasteiger partial charge in [0.05, 0.1) is 0 Å². The summed E-state index contributed by atoms with van der Waals surface area (Å²) in [7, 11) is 0. The lowest BCUT2D eigenvalue weighted by Gasteiger charge is -2.15. The summed E-state index contributed by atoms with van der Waals surface area (Å²) in [6.07, 6.45) is 0.848. The van der Waals surface area contributed by atoms with Gasteiger partial charge in [-0.25, -0.2) is 0 Å². The third-order valence-electron chi connectivity index (χ3n) is 3.45. The summed E-state index contributed by atoms with van der Waals surface area (Å²) >= 11 is 0. The van der Waals surface area contributed by atoms with Gasteiger partial charge in [0.15, 0.2) is 0 Å². The van der Waals surface area contributed by atoms with Crippen LogP contribution in [0.2, 0.25) is 0 Å². The summed E-state index contributed by atoms with van der Waals surface area (Å²) in [5.41, 5.74) is 4.52. The number of para-hydroxylation sites is 1. The van der Waals surface area contributed by atoms with E-state index >= 15 is 0 Å². The molecule has 0 heterocycles. The Morgan fingerprint density at radius 2 is 1.89 bits per heavy atom. The summed E-state index contributed by atoms with van der Waals surface area (Å²) in [5, 5.41) is 9.88. The van der Waals surface area contributed by atoms with Crippen molar-refractivity contribution in [2.24, 2.45) is 0 Å². The van der Waals surface area contributed by atoms with Gasteiger partial charge in [0.2, 0.25) is 0 Å². The lowest BCUT2D eigenvalue weighted by molar-refractivity contribution is 0.463. The second kappa shape index (κ2) is 5.75. The Labute approximate surface area is 115 Å². The fraction of sp³-hybridized carbons (Fsp3) is 0.222. The highest BCUT2D eigenvalue weighted by Crippen LogP contribution is 2.32. The molecule has 0 aliphatic heterocycles. The van der Waals surface area contributed by atoms with Gasteiger partial charge in [-0.1, -0.05) is 61.5 Å². The third kappa shape index (κ3) is 3.25. The molecule has 0 bridgehead atoms. The topological polar surface area (TPSA) is 20.2 Å². The maximum Gasteiger partial charge on any atom is 0.119 e. The Kier molecular flexibility index (Phi) is 4.06. The van der Waals surface area contributed by atoms with Crippen LogP contribution >= 0.6 is 0 Å². The Hall–Kier alpha value is -2.02. The average molecular weight is 252 g/mol. The molecule has 0 saturated carbocycles. The van der Waals surface area contributed by atoms with E-state index in [1.165, 1.54) is 11.1 Å². The molecule has 1 unspecified atom stereocenters. The molecule has 0 aromatic heterocycles. The first-order valence-electron chi connectivity index (χ1n) is 6.60. The molecule has 1 N–H and O–H groups in total. The molecule has 1 nitrogen and oxygen atoms in total. The summed E-state index contributed by atoms with van der Waals surface area (Å²) < 4.78 is 0. The number of rotatable bonds is 4. The Bertz CT molecular complexity index is 584. The van der Waals surface area contributed by atoms with Crippen LogP contribution in [0.5, 0.6) is 5.75 Å². The van der Waals surface area contributed by atoms with Crippen LogP contribution in [-0.2, 0) is 0 Å². The molecule has 0 aliphatic carbocycles. The molecule has 1 atom stereocenters. The van der Waals surface area contributed by atoms with E-state index in [2.05, 4.69) is 44.7 Å². The Morgan fingerprint density at radius 3 is 2.58 bits per heavy atom. The number of phenolic OH excluding ortho intramolecular Hbond substituents is 1. The van der Waals surface area contributed by atoms with Gasteiger partial charge < -0.3 is 5.11 Å². The predicted molar refractivity (Wildman–Crippen MR) is 81.4 cm³/mol. The van der Waals surface area contributed by atoms with Crippen molar-refractivity contribution >= 4 is 5.57 Å². The minimum atomic E-state index is 0.259. The number of hydrogen-bond acceptors (Lipinski definition) is 1. The number of hydrogen-bond donors (Lipinski definition) is 1. The van der Waals surface area contributed by atoms with Crippen molar-refractivity contribution in [3.63, 3.8) is 0 Å². The van der Waals surface area contributed by atoms with Gasteiger partial charge in [0, 0.05) is 0 Å². The molecular weight excluding hydrogens is 232 g/mol. The quantitative estimate of drug-likeness (QED) is 0.820. The first kappa shape index (κ1) is 13.4. The van der Waals surface area contributed by atoms with Crippen molar-refractivity contribution in [3.05, 3.63) is 71.8 Å². The number of allylic oxidation sites excluding steroid dienone is 1. The second-order valence-electron chi connectivity index (χ2n) is 5.14. The normalized spacial score (nSPS) is 12.1. The van der Waals surface area contributed by atoms with Gasteiger partial charge in [-0.3, -0.25) is 0 Å². The van der Waals surface area contributed by atoms with Gasteiger partial charge in [-0.2, -0.15) is 0 Å². The van der Waals surface area contributed by atoms with Crippen LogP contribution in [0, 0.1) is 6.92 Å². The van der Waals surface area contributed by atoms with Crippen LogP contribution in [0.3, 0.4) is 0 Å². The lowest BCUT2D eigenvalue weighted by atomic mass is 9.90. The zero-order valence-corrected chi connectivity index (χ0v) is 11.6. The van der Waals surface area contributed by atoms with E-state index in [0.717, 1.165) is 17.6 Å². The molecule has 19 heavy (non-hydrogen) atoms. The van der Waals surface area contributed by atoms with Crippen LogP contribution < -0.4 is 0 Å². The van der Waals surface area contributed by atoms with E-state index in [1.54, 1.807) is 6.07 Å². The molecule has 98 valence electrons. The SMILES string of the molecule is C=C(CC(C)c1ccccc1O)c1cccc(C)c1. The van der Waals surface area contributed by atoms with Crippen LogP contribution in [0.1, 0.15) is 36.0 Å². The van der Waals surface area contributed by atoms with Crippen molar-refractivity contribution in [1.82, 2.24) is 0 Å². The van der Waals surface area contributed by atoms with Gasteiger partial charge in [0.25, 0.3) is 0 Å². The van der Waals surface area contributed by atoms with Gasteiger partial charge in [-0.05, 0) is 42.0 Å². The zero-order chi connectivity index (χ0) is 13.8. The second-order valence-corrected chi connectivity index (χ2v) is 5.14. The highest BCUT2D eigenvalue weighted by atomic mass is 16.3. The fourth-order valence-corrected chi connectivity index (χ4v) is 2.37. The van der Waals surface area contributed by atoms with E-state index in [1.807, 2.05) is 18.2 Å². The van der Waals surface area contributed by atoms with Crippen molar-refractivity contribution < 1.29 is 5.11 Å². The highest BCUT2D eigenvalue weighted by molar-refractivity contribution is 5.64. The predicted octanol–water partition coefficient (Wildman–Crippen LogP) is 4.91. The third-order valence-corrected chi connectivity index (χ3v) is 3.45. The Balaban J connectivity index is 2.13. The van der Waals surface area contributed by atoms with Gasteiger partial charge in [-0.15, -0.1) is 0 Å². The molecular formula is C18H20O. The number of aromatic hydroxyl groups is 1. The minimum absolute atomic E-state index is 0.259. The summed E-state index contributed by atoms with van der Waals surface area (Å²) in [5.74, 6) is 0.626. The van der Waals surface area contributed by atoms with Crippen LogP contribution in [0.4, 0.5) is 0 Å². The minimum Gasteiger partial charge on any atom is -0.508 e. The Morgan fingerprint density at radius 1 is 1.16 bits per heavy atom. The molecule has 2 aromatic rings. The highest BCUT2D eigenvalue weighted by Gasteiger charge is 2.12. The van der Waals surface area contributed by atoms with Crippen LogP contribution in [0.15, 0.2) is 55.1 Å². The molecule has 0 radical (unpaired) electrons. The first-order chi connectivity index (χ1) is 9.08. The van der Waals surface area contributed by atoms with E-state index < -0.39 is 0 Å². The maximum absolute atomic E-state index is 9.88. The fourth-order valence-electron chi connectivity index (χ4n) is 2.37. The van der Waals surface area contributed by atoms with Crippen LogP contribution in [0.25, 0.3) is 5.57 Å². The van der Waals surface area contributed by atoms with E-state index in [-0.39, 0.29) is 5.92 Å².